The minimum absolute atomic E-state index is 0.0209. The second-order valence-electron chi connectivity index (χ2n) is 4.16. The standard InChI is InChI=1S/C15H12N2O2/c1-10-2-7-14(18)13(8-10)17-15(19)12-5-3-11(9-16)4-6-12/h2-8,18H,1H3,(H,17,19). The van der Waals surface area contributed by atoms with Crippen molar-refractivity contribution in [2.75, 3.05) is 5.32 Å². The molecule has 0 bridgehead atoms. The zero-order chi connectivity index (χ0) is 13.8. The van der Waals surface area contributed by atoms with Gasteiger partial charge in [-0.1, -0.05) is 6.07 Å². The third-order valence-electron chi connectivity index (χ3n) is 2.68. The normalized spacial score (nSPS) is 9.68. The van der Waals surface area contributed by atoms with E-state index in [9.17, 15) is 9.90 Å². The van der Waals surface area contributed by atoms with Gasteiger partial charge < -0.3 is 10.4 Å². The number of nitriles is 1. The lowest BCUT2D eigenvalue weighted by Crippen LogP contribution is -2.12. The highest BCUT2D eigenvalue weighted by atomic mass is 16.3. The number of rotatable bonds is 2. The van der Waals surface area contributed by atoms with Gasteiger partial charge in [0.15, 0.2) is 0 Å². The second-order valence-corrected chi connectivity index (χ2v) is 4.16. The maximum atomic E-state index is 12.0. The molecule has 2 aromatic rings. The number of benzene rings is 2. The molecule has 0 aliphatic carbocycles. The quantitative estimate of drug-likeness (QED) is 0.807. The topological polar surface area (TPSA) is 73.1 Å². The largest absolute Gasteiger partial charge is 0.506 e. The fraction of sp³-hybridized carbons (Fsp3) is 0.0667. The molecule has 0 fully saturated rings. The van der Waals surface area contributed by atoms with Crippen molar-refractivity contribution in [2.24, 2.45) is 0 Å². The molecule has 1 amide bonds. The van der Waals surface area contributed by atoms with E-state index >= 15 is 0 Å². The van der Waals surface area contributed by atoms with Crippen molar-refractivity contribution in [2.45, 2.75) is 6.92 Å². The number of phenols is 1. The molecule has 0 saturated heterocycles. The average molecular weight is 252 g/mol. The molecule has 2 rings (SSSR count). The van der Waals surface area contributed by atoms with Gasteiger partial charge >= 0.3 is 0 Å². The number of hydrogen-bond acceptors (Lipinski definition) is 3. The highest BCUT2D eigenvalue weighted by Gasteiger charge is 2.09. The molecule has 4 heteroatoms. The van der Waals surface area contributed by atoms with Crippen LogP contribution in [0.5, 0.6) is 5.75 Å². The van der Waals surface area contributed by atoms with E-state index in [0.717, 1.165) is 5.56 Å². The van der Waals surface area contributed by atoms with E-state index in [1.165, 1.54) is 6.07 Å². The van der Waals surface area contributed by atoms with Gasteiger partial charge in [-0.25, -0.2) is 0 Å². The lowest BCUT2D eigenvalue weighted by atomic mass is 10.1. The number of aryl methyl sites for hydroxylation is 1. The van der Waals surface area contributed by atoms with Crippen molar-refractivity contribution in [1.82, 2.24) is 0 Å². The first-order valence-corrected chi connectivity index (χ1v) is 5.71. The van der Waals surface area contributed by atoms with Gasteiger partial charge in [0, 0.05) is 5.56 Å². The van der Waals surface area contributed by atoms with Crippen LogP contribution in [-0.2, 0) is 0 Å². The van der Waals surface area contributed by atoms with Crippen molar-refractivity contribution in [3.63, 3.8) is 0 Å². The highest BCUT2D eigenvalue weighted by Crippen LogP contribution is 2.24. The Hall–Kier alpha value is -2.80. The first-order chi connectivity index (χ1) is 9.10. The van der Waals surface area contributed by atoms with Gasteiger partial charge in [-0.2, -0.15) is 5.26 Å². The third kappa shape index (κ3) is 2.90. The fourth-order valence-electron chi connectivity index (χ4n) is 1.64. The number of carbonyl (C=O) groups is 1. The molecule has 0 aliphatic rings. The van der Waals surface area contributed by atoms with Crippen LogP contribution in [0.4, 0.5) is 5.69 Å². The molecule has 2 N–H and O–H groups in total. The van der Waals surface area contributed by atoms with Crippen molar-refractivity contribution in [3.05, 3.63) is 59.2 Å². The minimum Gasteiger partial charge on any atom is -0.506 e. The summed E-state index contributed by atoms with van der Waals surface area (Å²) in [6.45, 7) is 1.87. The van der Waals surface area contributed by atoms with Gasteiger partial charge in [-0.05, 0) is 48.9 Å². The number of anilines is 1. The first kappa shape index (κ1) is 12.7. The summed E-state index contributed by atoms with van der Waals surface area (Å²) in [5.41, 5.74) is 2.23. The molecule has 94 valence electrons. The van der Waals surface area contributed by atoms with Gasteiger partial charge in [-0.3, -0.25) is 4.79 Å². The zero-order valence-corrected chi connectivity index (χ0v) is 10.3. The Morgan fingerprint density at radius 3 is 2.53 bits per heavy atom. The second kappa shape index (κ2) is 5.23. The molecule has 19 heavy (non-hydrogen) atoms. The summed E-state index contributed by atoms with van der Waals surface area (Å²) >= 11 is 0. The van der Waals surface area contributed by atoms with Crippen LogP contribution in [0.15, 0.2) is 42.5 Å². The molecule has 0 radical (unpaired) electrons. The summed E-state index contributed by atoms with van der Waals surface area (Å²) in [4.78, 5) is 12.0. The van der Waals surface area contributed by atoms with E-state index in [1.54, 1.807) is 36.4 Å². The van der Waals surface area contributed by atoms with E-state index in [4.69, 9.17) is 5.26 Å². The van der Waals surface area contributed by atoms with Crippen LogP contribution in [0, 0.1) is 18.3 Å². The summed E-state index contributed by atoms with van der Waals surface area (Å²) in [5, 5.41) is 21.0. The molecular formula is C15H12N2O2. The Morgan fingerprint density at radius 2 is 1.89 bits per heavy atom. The molecule has 0 unspecified atom stereocenters. The maximum absolute atomic E-state index is 12.0. The Bertz CT molecular complexity index is 655. The SMILES string of the molecule is Cc1ccc(O)c(NC(=O)c2ccc(C#N)cc2)c1. The van der Waals surface area contributed by atoms with Crippen LogP contribution in [0.1, 0.15) is 21.5 Å². The first-order valence-electron chi connectivity index (χ1n) is 5.71. The highest BCUT2D eigenvalue weighted by molar-refractivity contribution is 6.05. The van der Waals surface area contributed by atoms with Crippen LogP contribution in [-0.4, -0.2) is 11.0 Å². The lowest BCUT2D eigenvalue weighted by Gasteiger charge is -2.08. The predicted octanol–water partition coefficient (Wildman–Crippen LogP) is 2.82. The van der Waals surface area contributed by atoms with Gasteiger partial charge in [0.1, 0.15) is 5.75 Å². The number of phenolic OH excluding ortho intramolecular Hbond substituents is 1. The van der Waals surface area contributed by atoms with Gasteiger partial charge in [0.2, 0.25) is 0 Å². The maximum Gasteiger partial charge on any atom is 0.255 e. The van der Waals surface area contributed by atoms with E-state index in [1.807, 2.05) is 13.0 Å². The minimum atomic E-state index is -0.328. The molecule has 0 heterocycles. The van der Waals surface area contributed by atoms with Crippen molar-refractivity contribution < 1.29 is 9.90 Å². The lowest BCUT2D eigenvalue weighted by molar-refractivity contribution is 0.102. The molecular weight excluding hydrogens is 240 g/mol. The van der Waals surface area contributed by atoms with Gasteiger partial charge in [0.25, 0.3) is 5.91 Å². The van der Waals surface area contributed by atoms with E-state index < -0.39 is 0 Å². The number of aromatic hydroxyl groups is 1. The summed E-state index contributed by atoms with van der Waals surface area (Å²) in [6, 6.07) is 13.3. The molecule has 0 aliphatic heterocycles. The fourth-order valence-corrected chi connectivity index (χ4v) is 1.64. The molecule has 0 aromatic heterocycles. The number of nitrogens with one attached hydrogen (secondary N) is 1. The van der Waals surface area contributed by atoms with Crippen LogP contribution >= 0.6 is 0 Å². The number of hydrogen-bond donors (Lipinski definition) is 2. The molecule has 0 saturated carbocycles. The number of nitrogens with zero attached hydrogens (tertiary/aromatic N) is 1. The summed E-state index contributed by atoms with van der Waals surface area (Å²) in [7, 11) is 0. The molecule has 0 atom stereocenters. The Morgan fingerprint density at radius 1 is 1.21 bits per heavy atom. The smallest absolute Gasteiger partial charge is 0.255 e. The van der Waals surface area contributed by atoms with E-state index in [0.29, 0.717) is 16.8 Å². The summed E-state index contributed by atoms with van der Waals surface area (Å²) in [6.07, 6.45) is 0. The van der Waals surface area contributed by atoms with E-state index in [-0.39, 0.29) is 11.7 Å². The van der Waals surface area contributed by atoms with Crippen LogP contribution < -0.4 is 5.32 Å². The molecule has 0 spiro atoms. The van der Waals surface area contributed by atoms with Crippen LogP contribution in [0.2, 0.25) is 0 Å². The Balaban J connectivity index is 2.21. The van der Waals surface area contributed by atoms with Crippen molar-refractivity contribution in [3.8, 4) is 11.8 Å². The Kier molecular flexibility index (Phi) is 3.48. The summed E-state index contributed by atoms with van der Waals surface area (Å²) in [5.74, 6) is -0.307. The third-order valence-corrected chi connectivity index (χ3v) is 2.68. The number of carbonyl (C=O) groups excluding carboxylic acids is 1. The average Bonchev–Trinajstić information content (AvgIpc) is 2.43. The predicted molar refractivity (Wildman–Crippen MR) is 72.0 cm³/mol. The van der Waals surface area contributed by atoms with Crippen molar-refractivity contribution in [1.29, 1.82) is 5.26 Å². The van der Waals surface area contributed by atoms with Crippen molar-refractivity contribution >= 4 is 11.6 Å². The van der Waals surface area contributed by atoms with E-state index in [2.05, 4.69) is 5.32 Å². The molecule has 2 aromatic carbocycles. The summed E-state index contributed by atoms with van der Waals surface area (Å²) < 4.78 is 0. The number of amides is 1. The monoisotopic (exact) mass is 252 g/mol. The van der Waals surface area contributed by atoms with Gasteiger partial charge in [0.05, 0.1) is 17.3 Å². The molecule has 4 nitrogen and oxygen atoms in total. The Labute approximate surface area is 110 Å². The van der Waals surface area contributed by atoms with Gasteiger partial charge in [-0.15, -0.1) is 0 Å². The zero-order valence-electron chi connectivity index (χ0n) is 10.3. The van der Waals surface area contributed by atoms with Crippen LogP contribution in [0.25, 0.3) is 0 Å². The van der Waals surface area contributed by atoms with Crippen LogP contribution in [0.3, 0.4) is 0 Å².